The summed E-state index contributed by atoms with van der Waals surface area (Å²) in [5, 5.41) is 23.0. The Balaban J connectivity index is 1.68. The molecule has 1 aliphatic rings. The van der Waals surface area contributed by atoms with Crippen LogP contribution in [0.5, 0.6) is 0 Å². The zero-order valence-corrected chi connectivity index (χ0v) is 12.4. The average molecular weight is 315 g/mol. The van der Waals surface area contributed by atoms with Gasteiger partial charge in [-0.1, -0.05) is 0 Å². The molecule has 1 aromatic carbocycles. The van der Waals surface area contributed by atoms with Gasteiger partial charge in [0.05, 0.1) is 5.69 Å². The van der Waals surface area contributed by atoms with Crippen LogP contribution in [0, 0.1) is 0 Å². The Morgan fingerprint density at radius 3 is 2.30 bits per heavy atom. The van der Waals surface area contributed by atoms with E-state index in [4.69, 9.17) is 5.11 Å². The van der Waals surface area contributed by atoms with Crippen molar-refractivity contribution in [3.05, 3.63) is 48.3 Å². The molecule has 7 heteroatoms. The lowest BCUT2D eigenvalue weighted by molar-refractivity contribution is -0.162. The van der Waals surface area contributed by atoms with Crippen LogP contribution in [0.4, 0.5) is 0 Å². The van der Waals surface area contributed by atoms with Gasteiger partial charge in [-0.05, 0) is 30.3 Å². The molecule has 1 aromatic heterocycles. The lowest BCUT2D eigenvalue weighted by Crippen LogP contribution is -2.50. The maximum Gasteiger partial charge on any atom is 0.335 e. The number of carboxylic acids is 1. The highest BCUT2D eigenvalue weighted by molar-refractivity contribution is 5.94. The van der Waals surface area contributed by atoms with Gasteiger partial charge in [0.1, 0.15) is 0 Å². The molecule has 0 saturated carbocycles. The second-order valence-electron chi connectivity index (χ2n) is 5.63. The molecule has 2 aromatic rings. The molecular formula is C16H17N3O4. The molecule has 0 unspecified atom stereocenters. The quantitative estimate of drug-likeness (QED) is 0.878. The number of aliphatic carboxylic acids is 1. The Bertz CT molecular complexity index is 701. The topological polar surface area (TPSA) is 95.7 Å². The van der Waals surface area contributed by atoms with Gasteiger partial charge in [-0.3, -0.25) is 4.79 Å². The molecule has 23 heavy (non-hydrogen) atoms. The first-order valence-corrected chi connectivity index (χ1v) is 7.35. The number of benzene rings is 1. The van der Waals surface area contributed by atoms with E-state index in [1.807, 2.05) is 12.3 Å². The van der Waals surface area contributed by atoms with Crippen molar-refractivity contribution in [1.29, 1.82) is 0 Å². The van der Waals surface area contributed by atoms with E-state index in [0.717, 1.165) is 5.69 Å². The number of aliphatic hydroxyl groups is 1. The first-order valence-electron chi connectivity index (χ1n) is 7.35. The lowest BCUT2D eigenvalue weighted by atomic mass is 9.91. The third-order valence-corrected chi connectivity index (χ3v) is 4.16. The molecule has 1 saturated heterocycles. The van der Waals surface area contributed by atoms with Crippen LogP contribution in [0.25, 0.3) is 5.69 Å². The molecule has 0 bridgehead atoms. The normalized spacial score (nSPS) is 17.0. The van der Waals surface area contributed by atoms with Crippen LogP contribution in [0.3, 0.4) is 0 Å². The summed E-state index contributed by atoms with van der Waals surface area (Å²) in [4.78, 5) is 25.0. The van der Waals surface area contributed by atoms with Gasteiger partial charge in [0, 0.05) is 43.9 Å². The number of carbonyl (C=O) groups is 2. The predicted octanol–water partition coefficient (Wildman–Crippen LogP) is 0.924. The van der Waals surface area contributed by atoms with Gasteiger partial charge in [0.2, 0.25) is 0 Å². The number of nitrogens with zero attached hydrogens (tertiary/aromatic N) is 3. The number of amides is 1. The molecule has 0 spiro atoms. The summed E-state index contributed by atoms with van der Waals surface area (Å²) in [6.45, 7) is 0.449. The average Bonchev–Trinajstić information content (AvgIpc) is 3.09. The number of piperidine rings is 1. The van der Waals surface area contributed by atoms with Crippen LogP contribution in [-0.4, -0.2) is 55.5 Å². The van der Waals surface area contributed by atoms with Crippen LogP contribution in [0.1, 0.15) is 23.2 Å². The van der Waals surface area contributed by atoms with Crippen molar-refractivity contribution in [2.45, 2.75) is 18.4 Å². The van der Waals surface area contributed by atoms with Gasteiger partial charge >= 0.3 is 5.97 Å². The van der Waals surface area contributed by atoms with Gasteiger partial charge in [-0.2, -0.15) is 5.10 Å². The second kappa shape index (κ2) is 5.85. The van der Waals surface area contributed by atoms with E-state index < -0.39 is 11.6 Å². The highest BCUT2D eigenvalue weighted by atomic mass is 16.4. The highest BCUT2D eigenvalue weighted by Gasteiger charge is 2.40. The Morgan fingerprint density at radius 1 is 1.13 bits per heavy atom. The SMILES string of the molecule is O=C(c1ccc(-n2cccn2)cc1)N1CCC(O)(C(=O)O)CC1. The fraction of sp³-hybridized carbons (Fsp3) is 0.312. The minimum atomic E-state index is -1.72. The summed E-state index contributed by atoms with van der Waals surface area (Å²) in [6, 6.07) is 8.86. The highest BCUT2D eigenvalue weighted by Crippen LogP contribution is 2.23. The number of rotatable bonds is 3. The Labute approximate surface area is 132 Å². The van der Waals surface area contributed by atoms with Crippen molar-refractivity contribution in [3.8, 4) is 5.69 Å². The van der Waals surface area contributed by atoms with Crippen molar-refractivity contribution in [2.24, 2.45) is 0 Å². The van der Waals surface area contributed by atoms with Crippen LogP contribution >= 0.6 is 0 Å². The third kappa shape index (κ3) is 2.95. The fourth-order valence-corrected chi connectivity index (χ4v) is 2.65. The van der Waals surface area contributed by atoms with Crippen molar-refractivity contribution in [2.75, 3.05) is 13.1 Å². The van der Waals surface area contributed by atoms with Crippen molar-refractivity contribution in [3.63, 3.8) is 0 Å². The summed E-state index contributed by atoms with van der Waals surface area (Å²) in [5.41, 5.74) is -0.340. The smallest absolute Gasteiger partial charge is 0.335 e. The van der Waals surface area contributed by atoms with E-state index >= 15 is 0 Å². The Morgan fingerprint density at radius 2 is 1.78 bits per heavy atom. The monoisotopic (exact) mass is 315 g/mol. The molecule has 120 valence electrons. The maximum absolute atomic E-state index is 12.5. The summed E-state index contributed by atoms with van der Waals surface area (Å²) < 4.78 is 1.70. The lowest BCUT2D eigenvalue weighted by Gasteiger charge is -2.35. The molecule has 1 fully saturated rings. The zero-order valence-electron chi connectivity index (χ0n) is 12.4. The first kappa shape index (κ1) is 15.2. The van der Waals surface area contributed by atoms with Crippen LogP contribution in [0.2, 0.25) is 0 Å². The number of hydrogen-bond donors (Lipinski definition) is 2. The van der Waals surface area contributed by atoms with Gasteiger partial charge in [0.25, 0.3) is 5.91 Å². The molecule has 3 rings (SSSR count). The van der Waals surface area contributed by atoms with Crippen LogP contribution < -0.4 is 0 Å². The van der Waals surface area contributed by atoms with Crippen LogP contribution in [-0.2, 0) is 4.79 Å². The standard InChI is InChI=1S/C16H17N3O4/c20-14(18-10-6-16(23,7-11-18)15(21)22)12-2-4-13(5-3-12)19-9-1-8-17-19/h1-5,8-9,23H,6-7,10-11H2,(H,21,22). The van der Waals surface area contributed by atoms with Crippen molar-refractivity contribution >= 4 is 11.9 Å². The van der Waals surface area contributed by atoms with Crippen molar-refractivity contribution in [1.82, 2.24) is 14.7 Å². The molecular weight excluding hydrogens is 298 g/mol. The molecule has 2 N–H and O–H groups in total. The van der Waals surface area contributed by atoms with Gasteiger partial charge in [-0.25, -0.2) is 9.48 Å². The summed E-state index contributed by atoms with van der Waals surface area (Å²) in [5.74, 6) is -1.39. The Kier molecular flexibility index (Phi) is 3.87. The predicted molar refractivity (Wildman–Crippen MR) is 81.3 cm³/mol. The molecule has 7 nitrogen and oxygen atoms in total. The van der Waals surface area contributed by atoms with E-state index in [0.29, 0.717) is 5.56 Å². The third-order valence-electron chi connectivity index (χ3n) is 4.16. The van der Waals surface area contributed by atoms with E-state index in [1.165, 1.54) is 0 Å². The maximum atomic E-state index is 12.5. The number of aromatic nitrogens is 2. The summed E-state index contributed by atoms with van der Waals surface area (Å²) >= 11 is 0. The zero-order chi connectivity index (χ0) is 16.4. The number of likely N-dealkylation sites (tertiary alicyclic amines) is 1. The molecule has 0 radical (unpaired) electrons. The minimum absolute atomic E-state index is 0.0411. The van der Waals surface area contributed by atoms with E-state index in [-0.39, 0.29) is 31.8 Å². The molecule has 0 atom stereocenters. The van der Waals surface area contributed by atoms with Gasteiger partial charge in [0.15, 0.2) is 5.60 Å². The molecule has 1 aliphatic heterocycles. The van der Waals surface area contributed by atoms with Gasteiger partial charge in [-0.15, -0.1) is 0 Å². The summed E-state index contributed by atoms with van der Waals surface area (Å²) in [6.07, 6.45) is 3.57. The largest absolute Gasteiger partial charge is 0.479 e. The molecule has 1 amide bonds. The second-order valence-corrected chi connectivity index (χ2v) is 5.63. The number of carboxylic acid groups (broad SMARTS) is 1. The molecule has 0 aliphatic carbocycles. The van der Waals surface area contributed by atoms with E-state index in [2.05, 4.69) is 5.10 Å². The minimum Gasteiger partial charge on any atom is -0.479 e. The van der Waals surface area contributed by atoms with E-state index in [1.54, 1.807) is 40.0 Å². The van der Waals surface area contributed by atoms with Gasteiger partial charge < -0.3 is 15.1 Å². The van der Waals surface area contributed by atoms with Crippen LogP contribution in [0.15, 0.2) is 42.7 Å². The number of carbonyl (C=O) groups excluding carboxylic acids is 1. The first-order chi connectivity index (χ1) is 11.0. The molecule has 2 heterocycles. The fourth-order valence-electron chi connectivity index (χ4n) is 2.65. The number of hydrogen-bond acceptors (Lipinski definition) is 4. The summed E-state index contributed by atoms with van der Waals surface area (Å²) in [7, 11) is 0. The van der Waals surface area contributed by atoms with E-state index in [9.17, 15) is 14.7 Å². The van der Waals surface area contributed by atoms with Crippen molar-refractivity contribution < 1.29 is 19.8 Å². The Hall–Kier alpha value is -2.67.